The Morgan fingerprint density at radius 3 is 2.32 bits per heavy atom. The van der Waals surface area contributed by atoms with Crippen molar-refractivity contribution >= 4 is 17.8 Å². The lowest BCUT2D eigenvalue weighted by Crippen LogP contribution is -2.46. The molecule has 0 aromatic heterocycles. The smallest absolute Gasteiger partial charge is 0.311 e. The van der Waals surface area contributed by atoms with E-state index in [1.807, 2.05) is 0 Å². The molecular weight excluding hydrogens is 327 g/mol. The Kier molecular flexibility index (Phi) is 6.22. The molecule has 2 aromatic carbocycles. The molecular formula is C18H17FN2O4. The van der Waals surface area contributed by atoms with Gasteiger partial charge in [-0.2, -0.15) is 0 Å². The van der Waals surface area contributed by atoms with Crippen molar-refractivity contribution in [3.8, 4) is 0 Å². The minimum absolute atomic E-state index is 0.178. The van der Waals surface area contributed by atoms with Gasteiger partial charge in [0.15, 0.2) is 6.10 Å². The number of carbonyl (C=O) groups excluding carboxylic acids is 3. The average Bonchev–Trinajstić information content (AvgIpc) is 2.62. The first-order chi connectivity index (χ1) is 12.0. The third-order valence-electron chi connectivity index (χ3n) is 3.31. The largest absolute Gasteiger partial charge is 0.452 e. The molecule has 2 amide bonds. The maximum atomic E-state index is 13.5. The van der Waals surface area contributed by atoms with Crippen LogP contribution >= 0.6 is 0 Å². The number of halogens is 1. The van der Waals surface area contributed by atoms with Gasteiger partial charge in [0.25, 0.3) is 11.8 Å². The number of hydrogen-bond acceptors (Lipinski definition) is 4. The highest BCUT2D eigenvalue weighted by molar-refractivity contribution is 5.95. The average molecular weight is 344 g/mol. The number of amides is 2. The number of hydrogen-bond donors (Lipinski definition) is 2. The summed E-state index contributed by atoms with van der Waals surface area (Å²) >= 11 is 0. The van der Waals surface area contributed by atoms with E-state index >= 15 is 0 Å². The van der Waals surface area contributed by atoms with E-state index in [0.29, 0.717) is 5.56 Å². The molecule has 6 nitrogen and oxygen atoms in total. The van der Waals surface area contributed by atoms with E-state index in [1.54, 1.807) is 36.4 Å². The zero-order valence-corrected chi connectivity index (χ0v) is 13.5. The molecule has 0 fully saturated rings. The van der Waals surface area contributed by atoms with Crippen LogP contribution in [0.1, 0.15) is 22.8 Å². The van der Waals surface area contributed by atoms with Crippen LogP contribution in [0.4, 0.5) is 4.39 Å². The van der Waals surface area contributed by atoms with Crippen molar-refractivity contribution in [3.63, 3.8) is 0 Å². The Labute approximate surface area is 144 Å². The van der Waals surface area contributed by atoms with Crippen LogP contribution in [-0.4, -0.2) is 23.9 Å². The van der Waals surface area contributed by atoms with Gasteiger partial charge in [0, 0.05) is 5.56 Å². The van der Waals surface area contributed by atoms with Gasteiger partial charge in [-0.15, -0.1) is 0 Å². The maximum Gasteiger partial charge on any atom is 0.311 e. The molecule has 0 saturated carbocycles. The summed E-state index contributed by atoms with van der Waals surface area (Å²) in [5.41, 5.74) is 4.94. The summed E-state index contributed by atoms with van der Waals surface area (Å²) in [6, 6.07) is 14.1. The second-order valence-corrected chi connectivity index (χ2v) is 5.21. The lowest BCUT2D eigenvalue weighted by atomic mass is 10.1. The molecule has 130 valence electrons. The third kappa shape index (κ3) is 5.42. The Bertz CT molecular complexity index is 765. The van der Waals surface area contributed by atoms with Crippen LogP contribution < -0.4 is 10.9 Å². The van der Waals surface area contributed by atoms with Crippen molar-refractivity contribution in [1.82, 2.24) is 10.9 Å². The van der Waals surface area contributed by atoms with Gasteiger partial charge >= 0.3 is 5.97 Å². The molecule has 0 heterocycles. The van der Waals surface area contributed by atoms with E-state index in [0.717, 1.165) is 0 Å². The van der Waals surface area contributed by atoms with E-state index in [9.17, 15) is 18.8 Å². The molecule has 0 aliphatic heterocycles. The molecule has 2 aromatic rings. The van der Waals surface area contributed by atoms with Gasteiger partial charge in [0.05, 0.1) is 6.42 Å². The van der Waals surface area contributed by atoms with E-state index < -0.39 is 29.7 Å². The fourth-order valence-electron chi connectivity index (χ4n) is 1.97. The van der Waals surface area contributed by atoms with Crippen LogP contribution in [-0.2, 0) is 20.7 Å². The molecule has 1 atom stereocenters. The molecule has 0 bridgehead atoms. The quantitative estimate of drug-likeness (QED) is 0.639. The van der Waals surface area contributed by atoms with Crippen LogP contribution in [0.3, 0.4) is 0 Å². The van der Waals surface area contributed by atoms with Gasteiger partial charge < -0.3 is 4.74 Å². The number of benzene rings is 2. The van der Waals surface area contributed by atoms with E-state index in [1.165, 1.54) is 25.1 Å². The molecule has 0 saturated heterocycles. The summed E-state index contributed by atoms with van der Waals surface area (Å²) in [7, 11) is 0. The second-order valence-electron chi connectivity index (χ2n) is 5.21. The predicted molar refractivity (Wildman–Crippen MR) is 87.7 cm³/mol. The van der Waals surface area contributed by atoms with E-state index in [-0.39, 0.29) is 12.0 Å². The normalized spacial score (nSPS) is 11.3. The molecule has 0 radical (unpaired) electrons. The minimum Gasteiger partial charge on any atom is -0.452 e. The number of carbonyl (C=O) groups is 3. The Hall–Kier alpha value is -3.22. The zero-order chi connectivity index (χ0) is 18.2. The van der Waals surface area contributed by atoms with Crippen LogP contribution in [0, 0.1) is 5.82 Å². The number of rotatable bonds is 5. The zero-order valence-electron chi connectivity index (χ0n) is 13.5. The number of esters is 1. The summed E-state index contributed by atoms with van der Waals surface area (Å²) < 4.78 is 18.4. The number of ether oxygens (including phenoxy) is 1. The maximum absolute atomic E-state index is 13.5. The highest BCUT2D eigenvalue weighted by Crippen LogP contribution is 2.08. The molecule has 25 heavy (non-hydrogen) atoms. The van der Waals surface area contributed by atoms with Crippen LogP contribution in [0.25, 0.3) is 0 Å². The molecule has 7 heteroatoms. The van der Waals surface area contributed by atoms with Crippen molar-refractivity contribution < 1.29 is 23.5 Å². The van der Waals surface area contributed by atoms with Crippen molar-refractivity contribution in [2.24, 2.45) is 0 Å². The van der Waals surface area contributed by atoms with Gasteiger partial charge in [-0.05, 0) is 30.7 Å². The predicted octanol–water partition coefficient (Wildman–Crippen LogP) is 1.76. The molecule has 0 spiro atoms. The van der Waals surface area contributed by atoms with Gasteiger partial charge in [-0.1, -0.05) is 36.4 Å². The molecule has 2 rings (SSSR count). The first-order valence-corrected chi connectivity index (χ1v) is 7.55. The van der Waals surface area contributed by atoms with Gasteiger partial charge in [0.2, 0.25) is 0 Å². The summed E-state index contributed by atoms with van der Waals surface area (Å²) in [6.45, 7) is 1.35. The monoisotopic (exact) mass is 344 g/mol. The van der Waals surface area contributed by atoms with E-state index in [2.05, 4.69) is 10.9 Å². The van der Waals surface area contributed by atoms with E-state index in [4.69, 9.17) is 4.74 Å². The standard InChI is InChI=1S/C18H17FN2O4/c1-12(25-16(22)11-14-9-5-6-10-15(14)19)17(23)20-21-18(24)13-7-3-2-4-8-13/h2-10,12H,11H2,1H3,(H,20,23)(H,21,24)/t12-/m1/s1. The van der Waals surface area contributed by atoms with Crippen LogP contribution in [0.15, 0.2) is 54.6 Å². The molecule has 0 aliphatic rings. The highest BCUT2D eigenvalue weighted by Gasteiger charge is 2.19. The first-order valence-electron chi connectivity index (χ1n) is 7.55. The van der Waals surface area contributed by atoms with Crippen molar-refractivity contribution in [1.29, 1.82) is 0 Å². The van der Waals surface area contributed by atoms with Gasteiger partial charge in [-0.3, -0.25) is 25.2 Å². The Morgan fingerprint density at radius 2 is 1.64 bits per heavy atom. The lowest BCUT2D eigenvalue weighted by Gasteiger charge is -2.14. The van der Waals surface area contributed by atoms with Crippen LogP contribution in [0.5, 0.6) is 0 Å². The van der Waals surface area contributed by atoms with Crippen molar-refractivity contribution in [2.75, 3.05) is 0 Å². The van der Waals surface area contributed by atoms with Gasteiger partial charge in [-0.25, -0.2) is 4.39 Å². The summed E-state index contributed by atoms with van der Waals surface area (Å²) in [5.74, 6) is -2.47. The minimum atomic E-state index is -1.14. The van der Waals surface area contributed by atoms with Crippen LogP contribution in [0.2, 0.25) is 0 Å². The second kappa shape index (κ2) is 8.58. The third-order valence-corrected chi connectivity index (χ3v) is 3.31. The lowest BCUT2D eigenvalue weighted by molar-refractivity contribution is -0.154. The van der Waals surface area contributed by atoms with Crippen molar-refractivity contribution in [2.45, 2.75) is 19.4 Å². The van der Waals surface area contributed by atoms with Gasteiger partial charge in [0.1, 0.15) is 5.82 Å². The number of hydrazine groups is 1. The topological polar surface area (TPSA) is 84.5 Å². The summed E-state index contributed by atoms with van der Waals surface area (Å²) in [6.07, 6.45) is -1.43. The molecule has 0 aliphatic carbocycles. The highest BCUT2D eigenvalue weighted by atomic mass is 19.1. The number of nitrogens with one attached hydrogen (secondary N) is 2. The Balaban J connectivity index is 1.81. The van der Waals surface area contributed by atoms with Crippen molar-refractivity contribution in [3.05, 3.63) is 71.5 Å². The summed E-state index contributed by atoms with van der Waals surface area (Å²) in [4.78, 5) is 35.4. The fourth-order valence-corrected chi connectivity index (χ4v) is 1.97. The SMILES string of the molecule is C[C@@H](OC(=O)Cc1ccccc1F)C(=O)NNC(=O)c1ccccc1. The first kappa shape index (κ1) is 18.1. The Morgan fingerprint density at radius 1 is 1.00 bits per heavy atom. The molecule has 0 unspecified atom stereocenters. The fraction of sp³-hybridized carbons (Fsp3) is 0.167. The molecule has 2 N–H and O–H groups in total. The summed E-state index contributed by atoms with van der Waals surface area (Å²) in [5, 5.41) is 0.